The first-order chi connectivity index (χ1) is 46.8. The molecule has 3 fully saturated rings. The average Bonchev–Trinajstić information content (AvgIpc) is 0.785. The fourth-order valence-corrected chi connectivity index (χ4v) is 13.3. The minimum Gasteiger partial charge on any atom is -0.394 e. The highest BCUT2D eigenvalue weighted by Crippen LogP contribution is 2.33. The Morgan fingerprint density at radius 1 is 0.375 bits per heavy atom. The molecule has 3 saturated heterocycles. The molecule has 0 aromatic rings. The molecular formula is C77H143NO18. The van der Waals surface area contributed by atoms with Crippen LogP contribution in [0.15, 0.2) is 36.5 Å². The molecular weight excluding hydrogens is 1230 g/mol. The fourth-order valence-electron chi connectivity index (χ4n) is 13.3. The Bertz CT molecular complexity index is 1880. The third-order valence-corrected chi connectivity index (χ3v) is 19.7. The van der Waals surface area contributed by atoms with E-state index in [1.54, 1.807) is 6.08 Å². The second-order valence-corrected chi connectivity index (χ2v) is 28.2. The van der Waals surface area contributed by atoms with Crippen LogP contribution in [-0.2, 0) is 33.2 Å². The Kier molecular flexibility index (Phi) is 53.8. The lowest BCUT2D eigenvalue weighted by molar-refractivity contribution is -0.379. The van der Waals surface area contributed by atoms with Crippen molar-refractivity contribution in [2.45, 2.75) is 420 Å². The topological polar surface area (TPSA) is 307 Å². The van der Waals surface area contributed by atoms with E-state index in [0.29, 0.717) is 6.42 Å². The molecule has 3 aliphatic heterocycles. The molecule has 0 saturated carbocycles. The number of allylic oxidation sites excluding steroid dienone is 5. The molecule has 19 heteroatoms. The van der Waals surface area contributed by atoms with Crippen molar-refractivity contribution in [2.75, 3.05) is 26.4 Å². The summed E-state index contributed by atoms with van der Waals surface area (Å²) in [5.41, 5.74) is 0. The second kappa shape index (κ2) is 58.5. The molecule has 17 atom stereocenters. The number of ether oxygens (including phenoxy) is 6. The van der Waals surface area contributed by atoms with Crippen molar-refractivity contribution in [3.63, 3.8) is 0 Å². The summed E-state index contributed by atoms with van der Waals surface area (Å²) < 4.78 is 34.4. The van der Waals surface area contributed by atoms with Crippen LogP contribution in [-0.4, -0.2) is 193 Å². The summed E-state index contributed by atoms with van der Waals surface area (Å²) in [5.74, 6) is -0.276. The van der Waals surface area contributed by atoms with Gasteiger partial charge in [0.25, 0.3) is 0 Å². The molecule has 0 bridgehead atoms. The summed E-state index contributed by atoms with van der Waals surface area (Å²) >= 11 is 0. The molecule has 0 aromatic heterocycles. The van der Waals surface area contributed by atoms with Gasteiger partial charge in [-0.1, -0.05) is 294 Å². The van der Waals surface area contributed by atoms with Crippen LogP contribution in [0.2, 0.25) is 0 Å². The van der Waals surface area contributed by atoms with Crippen molar-refractivity contribution in [3.8, 4) is 0 Å². The highest BCUT2D eigenvalue weighted by atomic mass is 16.8. The van der Waals surface area contributed by atoms with E-state index in [9.17, 15) is 61.0 Å². The highest BCUT2D eigenvalue weighted by Gasteiger charge is 2.53. The zero-order valence-electron chi connectivity index (χ0n) is 60.1. The fraction of sp³-hybridized carbons (Fsp3) is 0.909. The monoisotopic (exact) mass is 1370 g/mol. The van der Waals surface area contributed by atoms with Crippen LogP contribution in [0.25, 0.3) is 0 Å². The average molecular weight is 1370 g/mol. The van der Waals surface area contributed by atoms with Gasteiger partial charge in [0.15, 0.2) is 18.9 Å². The SMILES string of the molecule is CCCCCCC/C=C\C/C=C\CCCCCCCCCCCC(=O)NC(COC1OC(CO)C(OC2OC(CO)C(OC3OC(CO)C(O)C(O)C3O)C(O)C2O)C(O)C1O)C(O)/C=C/CCCCCCCCCCCCCCCCCCCCCCCCCCCCCC. The maximum absolute atomic E-state index is 13.4. The Labute approximate surface area is 581 Å². The minimum atomic E-state index is -1.98. The number of hydrogen-bond donors (Lipinski definition) is 12. The van der Waals surface area contributed by atoms with Crippen molar-refractivity contribution >= 4 is 5.91 Å². The molecule has 0 spiro atoms. The summed E-state index contributed by atoms with van der Waals surface area (Å²) in [6.07, 6.45) is 44.1. The van der Waals surface area contributed by atoms with Gasteiger partial charge >= 0.3 is 0 Å². The lowest BCUT2D eigenvalue weighted by atomic mass is 9.96. The van der Waals surface area contributed by atoms with Crippen molar-refractivity contribution < 1.29 is 89.4 Å². The minimum absolute atomic E-state index is 0.239. The van der Waals surface area contributed by atoms with Gasteiger partial charge in [0.1, 0.15) is 73.2 Å². The van der Waals surface area contributed by atoms with Crippen LogP contribution in [0.5, 0.6) is 0 Å². The van der Waals surface area contributed by atoms with E-state index in [0.717, 1.165) is 64.2 Å². The molecule has 3 aliphatic rings. The van der Waals surface area contributed by atoms with E-state index in [4.69, 9.17) is 28.4 Å². The maximum Gasteiger partial charge on any atom is 0.220 e. The molecule has 96 heavy (non-hydrogen) atoms. The quantitative estimate of drug-likeness (QED) is 0.0199. The first-order valence-corrected chi connectivity index (χ1v) is 39.2. The maximum atomic E-state index is 13.4. The number of rotatable bonds is 62. The van der Waals surface area contributed by atoms with Crippen LogP contribution in [0.1, 0.15) is 316 Å². The lowest BCUT2D eigenvalue weighted by Crippen LogP contribution is -2.66. The van der Waals surface area contributed by atoms with Crippen molar-refractivity contribution in [2.24, 2.45) is 0 Å². The molecule has 3 heterocycles. The van der Waals surface area contributed by atoms with E-state index >= 15 is 0 Å². The van der Waals surface area contributed by atoms with Crippen LogP contribution in [0.3, 0.4) is 0 Å². The Balaban J connectivity index is 1.39. The molecule has 0 radical (unpaired) electrons. The molecule has 3 rings (SSSR count). The summed E-state index contributed by atoms with van der Waals surface area (Å²) in [7, 11) is 0. The van der Waals surface area contributed by atoms with Gasteiger partial charge < -0.3 is 89.9 Å². The second-order valence-electron chi connectivity index (χ2n) is 28.2. The largest absolute Gasteiger partial charge is 0.394 e. The van der Waals surface area contributed by atoms with E-state index in [2.05, 4.69) is 43.5 Å². The first kappa shape index (κ1) is 88.2. The van der Waals surface area contributed by atoms with Gasteiger partial charge in [-0.3, -0.25) is 4.79 Å². The molecule has 0 aliphatic carbocycles. The van der Waals surface area contributed by atoms with Gasteiger partial charge in [-0.25, -0.2) is 0 Å². The summed E-state index contributed by atoms with van der Waals surface area (Å²) in [6, 6.07) is -0.977. The number of unbranched alkanes of at least 4 members (excludes halogenated alkanes) is 42. The van der Waals surface area contributed by atoms with Gasteiger partial charge in [-0.05, 0) is 51.4 Å². The molecule has 19 nitrogen and oxygen atoms in total. The smallest absolute Gasteiger partial charge is 0.220 e. The Morgan fingerprint density at radius 2 is 0.688 bits per heavy atom. The van der Waals surface area contributed by atoms with Crippen LogP contribution >= 0.6 is 0 Å². The predicted molar refractivity (Wildman–Crippen MR) is 379 cm³/mol. The zero-order valence-corrected chi connectivity index (χ0v) is 60.1. The van der Waals surface area contributed by atoms with Crippen molar-refractivity contribution in [1.29, 1.82) is 0 Å². The molecule has 564 valence electrons. The van der Waals surface area contributed by atoms with Crippen molar-refractivity contribution in [1.82, 2.24) is 5.32 Å². The van der Waals surface area contributed by atoms with E-state index in [-0.39, 0.29) is 18.9 Å². The highest BCUT2D eigenvalue weighted by molar-refractivity contribution is 5.76. The molecule has 1 amide bonds. The number of nitrogens with one attached hydrogen (secondary N) is 1. The summed E-state index contributed by atoms with van der Waals surface area (Å²) in [6.45, 7) is 1.76. The number of hydrogen-bond acceptors (Lipinski definition) is 18. The van der Waals surface area contributed by atoms with Gasteiger partial charge in [0.05, 0.1) is 38.6 Å². The van der Waals surface area contributed by atoms with Gasteiger partial charge in [0, 0.05) is 6.42 Å². The predicted octanol–water partition coefficient (Wildman–Crippen LogP) is 12.3. The van der Waals surface area contributed by atoms with Crippen LogP contribution in [0.4, 0.5) is 0 Å². The van der Waals surface area contributed by atoms with Gasteiger partial charge in [0.2, 0.25) is 5.91 Å². The molecule has 0 aromatic carbocycles. The number of amides is 1. The number of aliphatic hydroxyl groups is 11. The first-order valence-electron chi connectivity index (χ1n) is 39.2. The third-order valence-electron chi connectivity index (χ3n) is 19.7. The zero-order chi connectivity index (χ0) is 69.6. The van der Waals surface area contributed by atoms with Crippen molar-refractivity contribution in [3.05, 3.63) is 36.5 Å². The Morgan fingerprint density at radius 3 is 1.06 bits per heavy atom. The Hall–Kier alpha value is -1.99. The number of carbonyl (C=O) groups is 1. The molecule has 12 N–H and O–H groups in total. The van der Waals surface area contributed by atoms with E-state index in [1.165, 1.54) is 225 Å². The van der Waals surface area contributed by atoms with Crippen LogP contribution < -0.4 is 5.32 Å². The van der Waals surface area contributed by atoms with Gasteiger partial charge in [-0.2, -0.15) is 0 Å². The number of carbonyl (C=O) groups excluding carboxylic acids is 1. The van der Waals surface area contributed by atoms with Crippen LogP contribution in [0, 0.1) is 0 Å². The summed E-state index contributed by atoms with van der Waals surface area (Å²) in [4.78, 5) is 13.4. The van der Waals surface area contributed by atoms with E-state index in [1.807, 2.05) is 6.08 Å². The lowest BCUT2D eigenvalue weighted by Gasteiger charge is -2.48. The summed E-state index contributed by atoms with van der Waals surface area (Å²) in [5, 5.41) is 121. The van der Waals surface area contributed by atoms with E-state index < -0.39 is 124 Å². The van der Waals surface area contributed by atoms with Gasteiger partial charge in [-0.15, -0.1) is 0 Å². The normalized spacial score (nSPS) is 27.2. The standard InChI is InChI=1S/C77H143NO18/c1-3-5-7-9-11-13-15-17-19-21-23-25-26-27-28-29-30-31-32-33-35-36-38-40-42-44-46-48-50-52-54-61(82)60(78-65(83)55-53-51-49-47-45-43-41-39-37-34-24-22-20-18-16-14-12-10-8-6-4-2)59-91-75-71(89)68(86)73(63(57-80)93-75)96-77-72(90)69(87)74(64(58-81)94-77)95-76-70(88)67(85)66(84)62(56-79)92-76/h16,18,22,24,52,54,60-64,66-77,79-82,84-90H,3-15,17,19-21,23,25-51,53,55-59H2,1-2H3,(H,78,83)/b18-16-,24-22-,54-52+. The number of aliphatic hydroxyl groups excluding tert-OH is 11. The third kappa shape index (κ3) is 38.9. The molecule has 17 unspecified atom stereocenters.